The van der Waals surface area contributed by atoms with Crippen LogP contribution in [0.15, 0.2) is 60.1 Å². The van der Waals surface area contributed by atoms with E-state index < -0.39 is 0 Å². The highest BCUT2D eigenvalue weighted by atomic mass is 32.1. The van der Waals surface area contributed by atoms with Crippen molar-refractivity contribution in [3.8, 4) is 5.69 Å². The summed E-state index contributed by atoms with van der Waals surface area (Å²) in [5, 5.41) is 10.3. The number of hydrogen-bond donors (Lipinski definition) is 1. The molecule has 1 atom stereocenters. The smallest absolute Gasteiger partial charge is 0.0846 e. The number of para-hydroxylation sites is 1. The predicted molar refractivity (Wildman–Crippen MR) is 88.0 cm³/mol. The fourth-order valence-electron chi connectivity index (χ4n) is 2.41. The molecule has 1 unspecified atom stereocenters. The maximum absolute atomic E-state index is 4.51. The van der Waals surface area contributed by atoms with E-state index in [1.165, 1.54) is 10.6 Å². The van der Waals surface area contributed by atoms with Crippen LogP contribution >= 0.6 is 11.3 Å². The van der Waals surface area contributed by atoms with Crippen molar-refractivity contribution >= 4 is 11.3 Å². The van der Waals surface area contributed by atoms with Crippen molar-refractivity contribution in [3.63, 3.8) is 0 Å². The highest BCUT2D eigenvalue weighted by Gasteiger charge is 2.19. The van der Waals surface area contributed by atoms with Crippen LogP contribution in [-0.4, -0.2) is 16.3 Å². The normalized spacial score (nSPS) is 12.4. The Morgan fingerprint density at radius 3 is 2.71 bits per heavy atom. The SMILES string of the molecule is CCCNC(c1cccs1)c1ccnn1-c1ccccc1. The molecule has 3 nitrogen and oxygen atoms in total. The Bertz CT molecular complexity index is 658. The fraction of sp³-hybridized carbons (Fsp3) is 0.235. The molecule has 1 N–H and O–H groups in total. The lowest BCUT2D eigenvalue weighted by Gasteiger charge is -2.19. The van der Waals surface area contributed by atoms with Gasteiger partial charge in [0, 0.05) is 11.1 Å². The lowest BCUT2D eigenvalue weighted by molar-refractivity contribution is 0.576. The van der Waals surface area contributed by atoms with Crippen molar-refractivity contribution in [1.29, 1.82) is 0 Å². The van der Waals surface area contributed by atoms with Crippen LogP contribution < -0.4 is 5.32 Å². The molecule has 3 aromatic rings. The van der Waals surface area contributed by atoms with E-state index in [1.54, 1.807) is 11.3 Å². The Kier molecular flexibility index (Phi) is 4.48. The molecule has 0 aliphatic rings. The van der Waals surface area contributed by atoms with Gasteiger partial charge in [-0.2, -0.15) is 5.10 Å². The molecule has 0 radical (unpaired) electrons. The predicted octanol–water partition coefficient (Wildman–Crippen LogP) is 4.02. The zero-order valence-electron chi connectivity index (χ0n) is 12.1. The summed E-state index contributed by atoms with van der Waals surface area (Å²) in [4.78, 5) is 1.32. The first-order valence-corrected chi connectivity index (χ1v) is 8.14. The number of nitrogens with one attached hydrogen (secondary N) is 1. The Morgan fingerprint density at radius 1 is 1.14 bits per heavy atom. The van der Waals surface area contributed by atoms with Gasteiger partial charge in [-0.15, -0.1) is 11.3 Å². The third-order valence-corrected chi connectivity index (χ3v) is 4.33. The molecule has 0 spiro atoms. The summed E-state index contributed by atoms with van der Waals surface area (Å²) in [6.07, 6.45) is 2.98. The van der Waals surface area contributed by atoms with E-state index in [4.69, 9.17) is 0 Å². The number of benzene rings is 1. The molecule has 1 aromatic carbocycles. The summed E-state index contributed by atoms with van der Waals surface area (Å²) in [7, 11) is 0. The molecule has 0 fully saturated rings. The number of aromatic nitrogens is 2. The van der Waals surface area contributed by atoms with Crippen LogP contribution in [0.25, 0.3) is 5.69 Å². The topological polar surface area (TPSA) is 29.9 Å². The van der Waals surface area contributed by atoms with Gasteiger partial charge in [0.1, 0.15) is 0 Å². The van der Waals surface area contributed by atoms with E-state index in [0.717, 1.165) is 18.7 Å². The van der Waals surface area contributed by atoms with E-state index in [2.05, 4.69) is 53.1 Å². The molecule has 0 bridgehead atoms. The summed E-state index contributed by atoms with van der Waals surface area (Å²) in [5.41, 5.74) is 2.27. The van der Waals surface area contributed by atoms with Crippen LogP contribution in [0.3, 0.4) is 0 Å². The van der Waals surface area contributed by atoms with Gasteiger partial charge < -0.3 is 5.32 Å². The molecular weight excluding hydrogens is 278 g/mol. The fourth-order valence-corrected chi connectivity index (χ4v) is 3.22. The van der Waals surface area contributed by atoms with Gasteiger partial charge in [-0.1, -0.05) is 31.2 Å². The van der Waals surface area contributed by atoms with Gasteiger partial charge >= 0.3 is 0 Å². The Labute approximate surface area is 129 Å². The largest absolute Gasteiger partial charge is 0.304 e. The third-order valence-electron chi connectivity index (χ3n) is 3.39. The van der Waals surface area contributed by atoms with Gasteiger partial charge in [-0.25, -0.2) is 4.68 Å². The van der Waals surface area contributed by atoms with E-state index in [1.807, 2.05) is 29.1 Å². The molecule has 108 valence electrons. The number of thiophene rings is 1. The van der Waals surface area contributed by atoms with Crippen molar-refractivity contribution in [1.82, 2.24) is 15.1 Å². The van der Waals surface area contributed by atoms with Crippen molar-refractivity contribution in [3.05, 3.63) is 70.7 Å². The van der Waals surface area contributed by atoms with Crippen LogP contribution in [0.5, 0.6) is 0 Å². The summed E-state index contributed by atoms with van der Waals surface area (Å²) >= 11 is 1.78. The molecule has 3 rings (SSSR count). The van der Waals surface area contributed by atoms with E-state index in [-0.39, 0.29) is 6.04 Å². The average Bonchev–Trinajstić information content (AvgIpc) is 3.20. The number of hydrogen-bond acceptors (Lipinski definition) is 3. The molecule has 0 aliphatic carbocycles. The average molecular weight is 297 g/mol. The first-order chi connectivity index (χ1) is 10.4. The maximum atomic E-state index is 4.51. The van der Waals surface area contributed by atoms with Crippen LogP contribution in [0.4, 0.5) is 0 Å². The van der Waals surface area contributed by atoms with E-state index >= 15 is 0 Å². The van der Waals surface area contributed by atoms with Crippen LogP contribution in [0, 0.1) is 0 Å². The summed E-state index contributed by atoms with van der Waals surface area (Å²) in [6, 6.07) is 16.8. The van der Waals surface area contributed by atoms with E-state index in [9.17, 15) is 0 Å². The molecule has 0 amide bonds. The van der Waals surface area contributed by atoms with Gasteiger partial charge in [0.25, 0.3) is 0 Å². The van der Waals surface area contributed by atoms with Crippen molar-refractivity contribution < 1.29 is 0 Å². The Morgan fingerprint density at radius 2 is 2.00 bits per heavy atom. The Hall–Kier alpha value is -1.91. The summed E-state index contributed by atoms with van der Waals surface area (Å²) in [5.74, 6) is 0. The monoisotopic (exact) mass is 297 g/mol. The van der Waals surface area contributed by atoms with Gasteiger partial charge in [0.2, 0.25) is 0 Å². The third kappa shape index (κ3) is 3.06. The van der Waals surface area contributed by atoms with Gasteiger partial charge in [0.05, 0.1) is 17.4 Å². The molecule has 21 heavy (non-hydrogen) atoms. The van der Waals surface area contributed by atoms with Crippen LogP contribution in [0.1, 0.15) is 30.0 Å². The maximum Gasteiger partial charge on any atom is 0.0846 e. The zero-order valence-corrected chi connectivity index (χ0v) is 12.9. The van der Waals surface area contributed by atoms with Gasteiger partial charge in [-0.05, 0) is 42.6 Å². The minimum absolute atomic E-state index is 0.188. The van der Waals surface area contributed by atoms with Gasteiger partial charge in [-0.3, -0.25) is 0 Å². The number of nitrogens with zero attached hydrogens (tertiary/aromatic N) is 2. The van der Waals surface area contributed by atoms with Crippen molar-refractivity contribution in [2.75, 3.05) is 6.54 Å². The lowest BCUT2D eigenvalue weighted by Crippen LogP contribution is -2.24. The first kappa shape index (κ1) is 14.0. The van der Waals surface area contributed by atoms with Crippen LogP contribution in [-0.2, 0) is 0 Å². The molecule has 2 aromatic heterocycles. The second-order valence-corrected chi connectivity index (χ2v) is 5.89. The quantitative estimate of drug-likeness (QED) is 0.744. The van der Waals surface area contributed by atoms with Crippen molar-refractivity contribution in [2.24, 2.45) is 0 Å². The molecular formula is C17H19N3S. The van der Waals surface area contributed by atoms with E-state index in [0.29, 0.717) is 0 Å². The molecule has 2 heterocycles. The highest BCUT2D eigenvalue weighted by Crippen LogP contribution is 2.27. The van der Waals surface area contributed by atoms with Gasteiger partial charge in [0.15, 0.2) is 0 Å². The zero-order chi connectivity index (χ0) is 14.5. The molecule has 4 heteroatoms. The second-order valence-electron chi connectivity index (χ2n) is 4.91. The molecule has 0 aliphatic heterocycles. The highest BCUT2D eigenvalue weighted by molar-refractivity contribution is 7.10. The first-order valence-electron chi connectivity index (χ1n) is 7.26. The standard InChI is InChI=1S/C17H19N3S/c1-2-11-18-17(16-9-6-13-21-16)15-10-12-19-20(15)14-7-4-3-5-8-14/h3-10,12-13,17-18H,2,11H2,1H3. The molecule has 0 saturated heterocycles. The summed E-state index contributed by atoms with van der Waals surface area (Å²) in [6.45, 7) is 3.18. The van der Waals surface area contributed by atoms with Crippen LogP contribution in [0.2, 0.25) is 0 Å². The summed E-state index contributed by atoms with van der Waals surface area (Å²) < 4.78 is 2.02. The number of rotatable bonds is 6. The minimum atomic E-state index is 0.188. The second kappa shape index (κ2) is 6.70. The van der Waals surface area contributed by atoms with Crippen molar-refractivity contribution in [2.45, 2.75) is 19.4 Å². The Balaban J connectivity index is 1.99. The lowest BCUT2D eigenvalue weighted by atomic mass is 10.1. The molecule has 0 saturated carbocycles. The minimum Gasteiger partial charge on any atom is -0.304 e.